The van der Waals surface area contributed by atoms with Crippen LogP contribution in [0, 0.1) is 10.1 Å². The maximum Gasteiger partial charge on any atom is 0.311 e. The molecule has 0 saturated carbocycles. The van der Waals surface area contributed by atoms with Gasteiger partial charge < -0.3 is 9.84 Å². The Morgan fingerprint density at radius 1 is 1.28 bits per heavy atom. The van der Waals surface area contributed by atoms with E-state index in [1.165, 1.54) is 18.3 Å². The lowest BCUT2D eigenvalue weighted by Gasteiger charge is -2.09. The molecule has 130 valence electrons. The van der Waals surface area contributed by atoms with Crippen molar-refractivity contribution in [3.8, 4) is 11.5 Å². The van der Waals surface area contributed by atoms with Crippen LogP contribution in [0.25, 0.3) is 0 Å². The van der Waals surface area contributed by atoms with Crippen LogP contribution in [0.1, 0.15) is 29.8 Å². The first-order valence-corrected chi connectivity index (χ1v) is 7.44. The summed E-state index contributed by atoms with van der Waals surface area (Å²) in [7, 11) is 0. The van der Waals surface area contributed by atoms with Crippen LogP contribution < -0.4 is 10.2 Å². The molecule has 2 aromatic carbocycles. The average molecular weight is 343 g/mol. The number of nitrogens with one attached hydrogen (secondary N) is 1. The number of nitrogens with zero attached hydrogens (tertiary/aromatic N) is 2. The predicted molar refractivity (Wildman–Crippen MR) is 92.0 cm³/mol. The fourth-order valence-corrected chi connectivity index (χ4v) is 1.95. The van der Waals surface area contributed by atoms with Crippen LogP contribution in [-0.2, 0) is 0 Å². The lowest BCUT2D eigenvalue weighted by molar-refractivity contribution is -0.385. The molecule has 0 spiro atoms. The molecule has 0 bridgehead atoms. The number of nitro groups is 1. The van der Waals surface area contributed by atoms with E-state index in [0.717, 1.165) is 6.07 Å². The van der Waals surface area contributed by atoms with Gasteiger partial charge in [-0.1, -0.05) is 0 Å². The number of nitro benzene ring substituents is 1. The Hall–Kier alpha value is -3.42. The minimum Gasteiger partial charge on any atom is -0.502 e. The zero-order valence-corrected chi connectivity index (χ0v) is 13.7. The molecule has 0 heterocycles. The smallest absolute Gasteiger partial charge is 0.311 e. The Balaban J connectivity index is 2.01. The molecule has 2 aromatic rings. The number of hydrogen-bond acceptors (Lipinski definition) is 6. The van der Waals surface area contributed by atoms with Gasteiger partial charge in [0.15, 0.2) is 5.75 Å². The summed E-state index contributed by atoms with van der Waals surface area (Å²) < 4.78 is 5.49. The highest BCUT2D eigenvalue weighted by Gasteiger charge is 2.12. The molecule has 0 aliphatic carbocycles. The third-order valence-electron chi connectivity index (χ3n) is 3.06. The van der Waals surface area contributed by atoms with Gasteiger partial charge >= 0.3 is 5.69 Å². The first kappa shape index (κ1) is 17.9. The largest absolute Gasteiger partial charge is 0.502 e. The number of phenolic OH excluding ortho intramolecular Hbond substituents is 1. The van der Waals surface area contributed by atoms with E-state index in [2.05, 4.69) is 10.5 Å². The zero-order valence-electron chi connectivity index (χ0n) is 13.7. The Morgan fingerprint density at radius 3 is 2.56 bits per heavy atom. The Kier molecular flexibility index (Phi) is 5.67. The molecule has 0 unspecified atom stereocenters. The molecule has 0 saturated heterocycles. The molecule has 0 fully saturated rings. The number of amides is 1. The van der Waals surface area contributed by atoms with Gasteiger partial charge in [-0.25, -0.2) is 5.43 Å². The van der Waals surface area contributed by atoms with Crippen LogP contribution in [-0.4, -0.2) is 28.3 Å². The summed E-state index contributed by atoms with van der Waals surface area (Å²) >= 11 is 0. The summed E-state index contributed by atoms with van der Waals surface area (Å²) in [5, 5.41) is 23.9. The topological polar surface area (TPSA) is 114 Å². The zero-order chi connectivity index (χ0) is 18.4. The summed E-state index contributed by atoms with van der Waals surface area (Å²) in [6.45, 7) is 3.81. The molecule has 2 rings (SSSR count). The van der Waals surface area contributed by atoms with E-state index in [0.29, 0.717) is 16.9 Å². The third kappa shape index (κ3) is 5.03. The summed E-state index contributed by atoms with van der Waals surface area (Å²) in [6.07, 6.45) is 1.29. The van der Waals surface area contributed by atoms with Gasteiger partial charge in [0.25, 0.3) is 5.91 Å². The lowest BCUT2D eigenvalue weighted by Crippen LogP contribution is -2.17. The lowest BCUT2D eigenvalue weighted by atomic mass is 10.2. The highest BCUT2D eigenvalue weighted by Crippen LogP contribution is 2.25. The van der Waals surface area contributed by atoms with Gasteiger partial charge in [-0.05, 0) is 50.2 Å². The Morgan fingerprint density at radius 2 is 1.96 bits per heavy atom. The van der Waals surface area contributed by atoms with Gasteiger partial charge in [0, 0.05) is 17.2 Å². The monoisotopic (exact) mass is 343 g/mol. The van der Waals surface area contributed by atoms with E-state index in [4.69, 9.17) is 4.74 Å². The van der Waals surface area contributed by atoms with Crippen LogP contribution in [0.4, 0.5) is 5.69 Å². The van der Waals surface area contributed by atoms with Crippen molar-refractivity contribution < 1.29 is 19.6 Å². The van der Waals surface area contributed by atoms with Gasteiger partial charge in [0.2, 0.25) is 0 Å². The van der Waals surface area contributed by atoms with Crippen molar-refractivity contribution in [3.63, 3.8) is 0 Å². The molecule has 25 heavy (non-hydrogen) atoms. The van der Waals surface area contributed by atoms with Crippen molar-refractivity contribution in [2.24, 2.45) is 5.10 Å². The molecular weight excluding hydrogens is 326 g/mol. The fraction of sp³-hybridized carbons (Fsp3) is 0.176. The molecule has 8 nitrogen and oxygen atoms in total. The molecule has 0 atom stereocenters. The summed E-state index contributed by atoms with van der Waals surface area (Å²) in [6, 6.07) is 10.4. The minimum atomic E-state index is -0.702. The number of carbonyl (C=O) groups excluding carboxylic acids is 1. The van der Waals surface area contributed by atoms with Crippen LogP contribution in [0.5, 0.6) is 11.5 Å². The standard InChI is InChI=1S/C17H17N3O5/c1-11(2)25-14-6-4-13(5-7-14)17(22)19-18-10-12-3-8-16(21)15(9-12)20(23)24/h3-11,21H,1-2H3,(H,19,22)/b18-10+. The molecule has 1 amide bonds. The van der Waals surface area contributed by atoms with Crippen molar-refractivity contribution in [3.05, 3.63) is 63.7 Å². The first-order chi connectivity index (χ1) is 11.9. The molecular formula is C17H17N3O5. The Bertz CT molecular complexity index is 800. The van der Waals surface area contributed by atoms with E-state index in [1.54, 1.807) is 24.3 Å². The molecule has 0 aliphatic heterocycles. The summed E-state index contributed by atoms with van der Waals surface area (Å²) in [4.78, 5) is 22.0. The second kappa shape index (κ2) is 7.91. The molecule has 8 heteroatoms. The van der Waals surface area contributed by atoms with E-state index in [-0.39, 0.29) is 6.10 Å². The molecule has 2 N–H and O–H groups in total. The van der Waals surface area contributed by atoms with E-state index >= 15 is 0 Å². The van der Waals surface area contributed by atoms with Crippen LogP contribution in [0.3, 0.4) is 0 Å². The minimum absolute atomic E-state index is 0.0404. The van der Waals surface area contributed by atoms with Crippen LogP contribution >= 0.6 is 0 Å². The maximum absolute atomic E-state index is 12.0. The van der Waals surface area contributed by atoms with Crippen molar-refractivity contribution in [1.29, 1.82) is 0 Å². The number of ether oxygens (including phenoxy) is 1. The highest BCUT2D eigenvalue weighted by molar-refractivity contribution is 5.95. The van der Waals surface area contributed by atoms with E-state index < -0.39 is 22.3 Å². The number of phenols is 1. The highest BCUT2D eigenvalue weighted by atomic mass is 16.6. The number of aromatic hydroxyl groups is 1. The van der Waals surface area contributed by atoms with Crippen molar-refractivity contribution >= 4 is 17.8 Å². The van der Waals surface area contributed by atoms with Gasteiger partial charge in [0.05, 0.1) is 17.2 Å². The number of rotatable bonds is 6. The van der Waals surface area contributed by atoms with Crippen molar-refractivity contribution in [2.75, 3.05) is 0 Å². The van der Waals surface area contributed by atoms with Crippen molar-refractivity contribution in [1.82, 2.24) is 5.43 Å². The van der Waals surface area contributed by atoms with Crippen molar-refractivity contribution in [2.45, 2.75) is 20.0 Å². The fourth-order valence-electron chi connectivity index (χ4n) is 1.95. The summed E-state index contributed by atoms with van der Waals surface area (Å²) in [5.41, 5.74) is 2.65. The average Bonchev–Trinajstić information content (AvgIpc) is 2.56. The molecule has 0 aromatic heterocycles. The molecule has 0 radical (unpaired) electrons. The SMILES string of the molecule is CC(C)Oc1ccc(C(=O)N/N=C/c2ccc(O)c([N+](=O)[O-])c2)cc1. The second-order valence-corrected chi connectivity index (χ2v) is 5.40. The maximum atomic E-state index is 12.0. The second-order valence-electron chi connectivity index (χ2n) is 5.40. The number of carbonyl (C=O) groups is 1. The number of benzene rings is 2. The molecule has 0 aliphatic rings. The van der Waals surface area contributed by atoms with Gasteiger partial charge in [0.1, 0.15) is 5.75 Å². The van der Waals surface area contributed by atoms with E-state index in [9.17, 15) is 20.0 Å². The predicted octanol–water partition coefficient (Wildman–Crippen LogP) is 2.85. The van der Waals surface area contributed by atoms with E-state index in [1.807, 2.05) is 13.8 Å². The summed E-state index contributed by atoms with van der Waals surface area (Å²) in [5.74, 6) is -0.207. The normalized spacial score (nSPS) is 10.8. The van der Waals surface area contributed by atoms with Crippen LogP contribution in [0.15, 0.2) is 47.6 Å². The number of hydrogen-bond donors (Lipinski definition) is 2. The van der Waals surface area contributed by atoms with Gasteiger partial charge in [-0.3, -0.25) is 14.9 Å². The quantitative estimate of drug-likeness (QED) is 0.475. The van der Waals surface area contributed by atoms with Crippen LogP contribution in [0.2, 0.25) is 0 Å². The van der Waals surface area contributed by atoms with Gasteiger partial charge in [-0.2, -0.15) is 5.10 Å². The third-order valence-corrected chi connectivity index (χ3v) is 3.06. The first-order valence-electron chi connectivity index (χ1n) is 7.44. The Labute approximate surface area is 143 Å². The van der Waals surface area contributed by atoms with Gasteiger partial charge in [-0.15, -0.1) is 0 Å². The number of hydrazone groups is 1.